The third-order valence-corrected chi connectivity index (χ3v) is 4.04. The highest BCUT2D eigenvalue weighted by atomic mass is 79.9. The zero-order valence-corrected chi connectivity index (χ0v) is 14.5. The Bertz CT molecular complexity index is 616. The molecule has 112 valence electrons. The van der Waals surface area contributed by atoms with Gasteiger partial charge in [0.1, 0.15) is 11.5 Å². The molecule has 0 saturated carbocycles. The zero-order valence-electron chi connectivity index (χ0n) is 12.1. The van der Waals surface area contributed by atoms with Gasteiger partial charge >= 0.3 is 0 Å². The summed E-state index contributed by atoms with van der Waals surface area (Å²) in [7, 11) is 3.21. The lowest BCUT2D eigenvalue weighted by Crippen LogP contribution is -2.08. The van der Waals surface area contributed by atoms with Crippen molar-refractivity contribution in [1.29, 1.82) is 0 Å². The smallest absolute Gasteiger partial charge is 0.143 e. The standard InChI is InChI=1S/C16H17BrClNO2/c1-10(11-4-6-12(17)7-5-11)19-14-9-15(20-2)13(18)8-16(14)21-3/h4-10,19H,1-3H3. The van der Waals surface area contributed by atoms with Gasteiger partial charge in [-0.25, -0.2) is 0 Å². The lowest BCUT2D eigenvalue weighted by atomic mass is 10.1. The van der Waals surface area contributed by atoms with Crippen LogP contribution < -0.4 is 14.8 Å². The minimum absolute atomic E-state index is 0.123. The van der Waals surface area contributed by atoms with Crippen LogP contribution in [0.5, 0.6) is 11.5 Å². The van der Waals surface area contributed by atoms with Crippen LogP contribution >= 0.6 is 27.5 Å². The highest BCUT2D eigenvalue weighted by molar-refractivity contribution is 9.10. The largest absolute Gasteiger partial charge is 0.495 e. The van der Waals surface area contributed by atoms with Crippen LogP contribution in [0.3, 0.4) is 0 Å². The summed E-state index contributed by atoms with van der Waals surface area (Å²) in [4.78, 5) is 0. The molecule has 0 aliphatic rings. The van der Waals surface area contributed by atoms with E-state index in [1.807, 2.05) is 18.2 Å². The molecule has 0 heterocycles. The Morgan fingerprint density at radius 3 is 2.24 bits per heavy atom. The monoisotopic (exact) mass is 369 g/mol. The van der Waals surface area contributed by atoms with E-state index in [9.17, 15) is 0 Å². The van der Waals surface area contributed by atoms with Crippen molar-refractivity contribution in [2.24, 2.45) is 0 Å². The molecule has 21 heavy (non-hydrogen) atoms. The topological polar surface area (TPSA) is 30.5 Å². The lowest BCUT2D eigenvalue weighted by molar-refractivity contribution is 0.404. The second-order valence-corrected chi connectivity index (χ2v) is 5.93. The van der Waals surface area contributed by atoms with Gasteiger partial charge in [-0.3, -0.25) is 0 Å². The fourth-order valence-corrected chi connectivity index (χ4v) is 2.54. The Kier molecular flexibility index (Phi) is 5.37. The maximum Gasteiger partial charge on any atom is 0.143 e. The summed E-state index contributed by atoms with van der Waals surface area (Å²) in [5.41, 5.74) is 2.02. The van der Waals surface area contributed by atoms with E-state index in [0.29, 0.717) is 16.5 Å². The average molecular weight is 371 g/mol. The molecular weight excluding hydrogens is 354 g/mol. The molecule has 0 spiro atoms. The molecule has 2 aromatic rings. The first-order valence-electron chi connectivity index (χ1n) is 6.48. The van der Waals surface area contributed by atoms with Crippen molar-refractivity contribution in [2.45, 2.75) is 13.0 Å². The predicted octanol–water partition coefficient (Wildman–Crippen LogP) is 5.29. The minimum atomic E-state index is 0.123. The quantitative estimate of drug-likeness (QED) is 0.775. The van der Waals surface area contributed by atoms with E-state index >= 15 is 0 Å². The third-order valence-electron chi connectivity index (χ3n) is 3.22. The molecule has 1 unspecified atom stereocenters. The molecular formula is C16H17BrClNO2. The van der Waals surface area contributed by atoms with Gasteiger partial charge in [0.25, 0.3) is 0 Å². The first-order chi connectivity index (χ1) is 10.0. The number of rotatable bonds is 5. The first kappa shape index (κ1) is 16.0. The number of ether oxygens (including phenoxy) is 2. The lowest BCUT2D eigenvalue weighted by Gasteiger charge is -2.19. The summed E-state index contributed by atoms with van der Waals surface area (Å²) in [6.07, 6.45) is 0. The molecule has 2 aromatic carbocycles. The van der Waals surface area contributed by atoms with Gasteiger partial charge in [-0.2, -0.15) is 0 Å². The Morgan fingerprint density at radius 1 is 1.05 bits per heavy atom. The maximum atomic E-state index is 6.11. The van der Waals surface area contributed by atoms with E-state index in [2.05, 4.69) is 40.3 Å². The molecule has 0 fully saturated rings. The summed E-state index contributed by atoms with van der Waals surface area (Å²) in [6, 6.07) is 11.9. The Balaban J connectivity index is 2.27. The van der Waals surface area contributed by atoms with Gasteiger partial charge < -0.3 is 14.8 Å². The van der Waals surface area contributed by atoms with Crippen LogP contribution in [0.25, 0.3) is 0 Å². The van der Waals surface area contributed by atoms with Gasteiger partial charge in [0.05, 0.1) is 24.9 Å². The summed E-state index contributed by atoms with van der Waals surface area (Å²) in [6.45, 7) is 2.09. The molecule has 0 saturated heterocycles. The van der Waals surface area contributed by atoms with E-state index in [4.69, 9.17) is 21.1 Å². The van der Waals surface area contributed by atoms with Crippen molar-refractivity contribution in [3.05, 3.63) is 51.5 Å². The number of methoxy groups -OCH3 is 2. The third kappa shape index (κ3) is 3.83. The number of anilines is 1. The van der Waals surface area contributed by atoms with Crippen LogP contribution in [0.15, 0.2) is 40.9 Å². The molecule has 0 radical (unpaired) electrons. The second kappa shape index (κ2) is 7.05. The number of halogens is 2. The molecule has 0 aromatic heterocycles. The van der Waals surface area contributed by atoms with Crippen molar-refractivity contribution in [3.63, 3.8) is 0 Å². The predicted molar refractivity (Wildman–Crippen MR) is 90.7 cm³/mol. The van der Waals surface area contributed by atoms with Gasteiger partial charge in [-0.05, 0) is 24.6 Å². The highest BCUT2D eigenvalue weighted by Crippen LogP contribution is 2.37. The maximum absolute atomic E-state index is 6.11. The van der Waals surface area contributed by atoms with Crippen molar-refractivity contribution < 1.29 is 9.47 Å². The molecule has 0 amide bonds. The Morgan fingerprint density at radius 2 is 1.67 bits per heavy atom. The molecule has 0 bridgehead atoms. The van der Waals surface area contributed by atoms with Crippen molar-refractivity contribution in [2.75, 3.05) is 19.5 Å². The van der Waals surface area contributed by atoms with Crippen LogP contribution in [0.1, 0.15) is 18.5 Å². The molecule has 3 nitrogen and oxygen atoms in total. The van der Waals surface area contributed by atoms with Crippen LogP contribution in [0, 0.1) is 0 Å². The van der Waals surface area contributed by atoms with Crippen LogP contribution in [0.4, 0.5) is 5.69 Å². The highest BCUT2D eigenvalue weighted by Gasteiger charge is 2.13. The van der Waals surface area contributed by atoms with Gasteiger partial charge in [-0.15, -0.1) is 0 Å². The molecule has 0 aliphatic carbocycles. The molecule has 1 N–H and O–H groups in total. The van der Waals surface area contributed by atoms with Crippen molar-refractivity contribution in [1.82, 2.24) is 0 Å². The summed E-state index contributed by atoms with van der Waals surface area (Å²) in [5.74, 6) is 1.30. The summed E-state index contributed by atoms with van der Waals surface area (Å²) >= 11 is 9.55. The molecule has 1 atom stereocenters. The van der Waals surface area contributed by atoms with E-state index in [1.165, 1.54) is 5.56 Å². The van der Waals surface area contributed by atoms with E-state index in [0.717, 1.165) is 10.2 Å². The number of benzene rings is 2. The fraction of sp³-hybridized carbons (Fsp3) is 0.250. The molecule has 5 heteroatoms. The molecule has 2 rings (SSSR count). The summed E-state index contributed by atoms with van der Waals surface area (Å²) in [5, 5.41) is 3.94. The Hall–Kier alpha value is -1.39. The van der Waals surface area contributed by atoms with Crippen LogP contribution in [-0.2, 0) is 0 Å². The minimum Gasteiger partial charge on any atom is -0.495 e. The number of nitrogens with one attached hydrogen (secondary N) is 1. The first-order valence-corrected chi connectivity index (χ1v) is 7.65. The van der Waals surface area contributed by atoms with E-state index in [1.54, 1.807) is 20.3 Å². The summed E-state index contributed by atoms with van der Waals surface area (Å²) < 4.78 is 11.7. The normalized spacial score (nSPS) is 11.9. The Labute approximate surface area is 138 Å². The molecule has 0 aliphatic heterocycles. The van der Waals surface area contributed by atoms with Crippen molar-refractivity contribution in [3.8, 4) is 11.5 Å². The van der Waals surface area contributed by atoms with Crippen LogP contribution in [0.2, 0.25) is 5.02 Å². The van der Waals surface area contributed by atoms with Crippen LogP contribution in [-0.4, -0.2) is 14.2 Å². The van der Waals surface area contributed by atoms with Gasteiger partial charge in [0.15, 0.2) is 0 Å². The second-order valence-electron chi connectivity index (χ2n) is 4.60. The van der Waals surface area contributed by atoms with E-state index < -0.39 is 0 Å². The van der Waals surface area contributed by atoms with Gasteiger partial charge in [0.2, 0.25) is 0 Å². The SMILES string of the molecule is COc1cc(NC(C)c2ccc(Br)cc2)c(OC)cc1Cl. The van der Waals surface area contributed by atoms with E-state index in [-0.39, 0.29) is 6.04 Å². The van der Waals surface area contributed by atoms with Gasteiger partial charge in [0, 0.05) is 22.6 Å². The number of hydrogen-bond acceptors (Lipinski definition) is 3. The van der Waals surface area contributed by atoms with Crippen molar-refractivity contribution >= 4 is 33.2 Å². The zero-order chi connectivity index (χ0) is 15.4. The van der Waals surface area contributed by atoms with Gasteiger partial charge in [-0.1, -0.05) is 39.7 Å². The fourth-order valence-electron chi connectivity index (χ4n) is 2.04. The number of hydrogen-bond donors (Lipinski definition) is 1. The average Bonchev–Trinajstić information content (AvgIpc) is 2.49.